The monoisotopic (exact) mass is 399 g/mol. The third-order valence-electron chi connectivity index (χ3n) is 4.28. The van der Waals surface area contributed by atoms with E-state index >= 15 is 0 Å². The van der Waals surface area contributed by atoms with E-state index in [2.05, 4.69) is 5.32 Å². The van der Waals surface area contributed by atoms with E-state index in [0.29, 0.717) is 5.56 Å². The number of nitrogens with one attached hydrogen (secondary N) is 1. The lowest BCUT2D eigenvalue weighted by molar-refractivity contribution is -0.118. The molecule has 0 aliphatic rings. The molecule has 28 heavy (non-hydrogen) atoms. The highest BCUT2D eigenvalue weighted by Crippen LogP contribution is 2.27. The number of sulfone groups is 1. The number of amides is 1. The molecule has 0 aliphatic heterocycles. The van der Waals surface area contributed by atoms with Crippen LogP contribution in [0, 0.1) is 0 Å². The summed E-state index contributed by atoms with van der Waals surface area (Å²) in [4.78, 5) is 11.6. The summed E-state index contributed by atoms with van der Waals surface area (Å²) in [7, 11) is -3.59. The second-order valence-corrected chi connectivity index (χ2v) is 8.61. The van der Waals surface area contributed by atoms with Gasteiger partial charge < -0.3 is 15.5 Å². The van der Waals surface area contributed by atoms with Gasteiger partial charge in [0.05, 0.1) is 12.4 Å². The second-order valence-electron chi connectivity index (χ2n) is 6.55. The van der Waals surface area contributed by atoms with Gasteiger partial charge in [0, 0.05) is 6.54 Å². The number of aliphatic hydroxyl groups is 1. The zero-order valence-electron chi connectivity index (χ0n) is 15.1. The molecule has 7 heteroatoms. The van der Waals surface area contributed by atoms with Crippen molar-refractivity contribution in [1.29, 1.82) is 0 Å². The first kappa shape index (κ1) is 19.9. The van der Waals surface area contributed by atoms with Crippen LogP contribution in [0.2, 0.25) is 0 Å². The van der Waals surface area contributed by atoms with Gasteiger partial charge in [-0.05, 0) is 45.7 Å². The highest BCUT2D eigenvalue weighted by Gasteiger charge is 2.17. The molecule has 0 aliphatic carbocycles. The molecule has 0 bridgehead atoms. The number of hydrogen-bond acceptors (Lipinski definition) is 5. The van der Waals surface area contributed by atoms with E-state index in [1.807, 2.05) is 36.4 Å². The van der Waals surface area contributed by atoms with Crippen LogP contribution < -0.4 is 5.32 Å². The SMILES string of the molecule is O=C(CS(=O)(=O)Cc1ccc(-c2ccc3cc(O)ccc3c2)cc1)NCCO. The molecule has 3 aromatic rings. The lowest BCUT2D eigenvalue weighted by atomic mass is 10.0. The minimum Gasteiger partial charge on any atom is -0.508 e. The van der Waals surface area contributed by atoms with Crippen LogP contribution in [0.4, 0.5) is 0 Å². The Hall–Kier alpha value is -2.90. The number of carbonyl (C=O) groups is 1. The molecule has 0 atom stereocenters. The van der Waals surface area contributed by atoms with Gasteiger partial charge in [-0.3, -0.25) is 4.79 Å². The molecule has 0 aromatic heterocycles. The summed E-state index contributed by atoms with van der Waals surface area (Å²) in [6.07, 6.45) is 0. The number of aromatic hydroxyl groups is 1. The molecule has 3 rings (SSSR count). The molecule has 0 spiro atoms. The highest BCUT2D eigenvalue weighted by molar-refractivity contribution is 7.91. The maximum absolute atomic E-state index is 12.2. The van der Waals surface area contributed by atoms with Crippen LogP contribution in [-0.2, 0) is 20.4 Å². The van der Waals surface area contributed by atoms with Gasteiger partial charge in [-0.2, -0.15) is 0 Å². The lowest BCUT2D eigenvalue weighted by Gasteiger charge is -2.08. The van der Waals surface area contributed by atoms with Crippen LogP contribution >= 0.6 is 0 Å². The van der Waals surface area contributed by atoms with E-state index < -0.39 is 21.5 Å². The molecule has 0 saturated carbocycles. The summed E-state index contributed by atoms with van der Waals surface area (Å²) < 4.78 is 24.3. The zero-order chi connectivity index (χ0) is 20.1. The van der Waals surface area contributed by atoms with Crippen molar-refractivity contribution in [3.8, 4) is 16.9 Å². The van der Waals surface area contributed by atoms with Gasteiger partial charge in [-0.15, -0.1) is 0 Å². The Labute approximate surface area is 163 Å². The first-order valence-corrected chi connectivity index (χ1v) is 10.6. The third kappa shape index (κ3) is 5.09. The van der Waals surface area contributed by atoms with Crippen molar-refractivity contribution in [1.82, 2.24) is 5.32 Å². The molecular weight excluding hydrogens is 378 g/mol. The molecule has 3 aromatic carbocycles. The van der Waals surface area contributed by atoms with E-state index in [9.17, 15) is 18.3 Å². The predicted octanol–water partition coefficient (Wildman–Crippen LogP) is 2.24. The number of aliphatic hydroxyl groups excluding tert-OH is 1. The molecule has 0 unspecified atom stereocenters. The number of carbonyl (C=O) groups excluding carboxylic acids is 1. The van der Waals surface area contributed by atoms with Gasteiger partial charge in [-0.25, -0.2) is 8.42 Å². The molecular formula is C21H21NO5S. The number of hydrogen-bond donors (Lipinski definition) is 3. The average Bonchev–Trinajstić information content (AvgIpc) is 2.66. The van der Waals surface area contributed by atoms with Gasteiger partial charge in [-0.1, -0.05) is 42.5 Å². The van der Waals surface area contributed by atoms with Crippen molar-refractivity contribution >= 4 is 26.5 Å². The molecule has 3 N–H and O–H groups in total. The Balaban J connectivity index is 1.73. The van der Waals surface area contributed by atoms with Gasteiger partial charge >= 0.3 is 0 Å². The summed E-state index contributed by atoms with van der Waals surface area (Å²) in [5, 5.41) is 22.5. The van der Waals surface area contributed by atoms with Crippen LogP contribution in [0.15, 0.2) is 60.7 Å². The fraction of sp³-hybridized carbons (Fsp3) is 0.190. The normalized spacial score (nSPS) is 11.5. The second kappa shape index (κ2) is 8.41. The van der Waals surface area contributed by atoms with Crippen molar-refractivity contribution in [2.45, 2.75) is 5.75 Å². The topological polar surface area (TPSA) is 104 Å². The zero-order valence-corrected chi connectivity index (χ0v) is 15.9. The summed E-state index contributed by atoms with van der Waals surface area (Å²) in [5.41, 5.74) is 2.53. The third-order valence-corrected chi connectivity index (χ3v) is 5.76. The van der Waals surface area contributed by atoms with Crippen LogP contribution in [0.25, 0.3) is 21.9 Å². The van der Waals surface area contributed by atoms with Crippen LogP contribution in [0.3, 0.4) is 0 Å². The number of benzene rings is 3. The minimum absolute atomic E-state index is 0.0361. The van der Waals surface area contributed by atoms with Crippen LogP contribution in [-0.4, -0.2) is 43.4 Å². The molecule has 6 nitrogen and oxygen atoms in total. The summed E-state index contributed by atoms with van der Waals surface area (Å²) >= 11 is 0. The average molecular weight is 399 g/mol. The molecule has 1 amide bonds. The van der Waals surface area contributed by atoms with Crippen molar-refractivity contribution in [3.63, 3.8) is 0 Å². The first-order valence-electron chi connectivity index (χ1n) is 8.76. The van der Waals surface area contributed by atoms with Crippen molar-refractivity contribution in [2.75, 3.05) is 18.9 Å². The highest BCUT2D eigenvalue weighted by atomic mass is 32.2. The summed E-state index contributed by atoms with van der Waals surface area (Å²) in [6.45, 7) is -0.197. The molecule has 0 saturated heterocycles. The molecule has 0 heterocycles. The maximum atomic E-state index is 12.2. The van der Waals surface area contributed by atoms with Crippen LogP contribution in [0.5, 0.6) is 5.75 Å². The van der Waals surface area contributed by atoms with E-state index in [1.165, 1.54) is 0 Å². The van der Waals surface area contributed by atoms with Crippen molar-refractivity contribution < 1.29 is 23.4 Å². The van der Waals surface area contributed by atoms with E-state index in [0.717, 1.165) is 21.9 Å². The van der Waals surface area contributed by atoms with Crippen molar-refractivity contribution in [2.24, 2.45) is 0 Å². The van der Waals surface area contributed by atoms with Gasteiger partial charge in [0.25, 0.3) is 0 Å². The number of rotatable bonds is 7. The maximum Gasteiger partial charge on any atom is 0.235 e. The fourth-order valence-electron chi connectivity index (χ4n) is 2.96. The Morgan fingerprint density at radius 2 is 1.54 bits per heavy atom. The fourth-order valence-corrected chi connectivity index (χ4v) is 4.26. The first-order chi connectivity index (χ1) is 13.4. The molecule has 0 radical (unpaired) electrons. The van der Waals surface area contributed by atoms with Gasteiger partial charge in [0.1, 0.15) is 11.5 Å². The molecule has 0 fully saturated rings. The predicted molar refractivity (Wildman–Crippen MR) is 109 cm³/mol. The Bertz CT molecular complexity index is 1090. The van der Waals surface area contributed by atoms with Crippen molar-refractivity contribution in [3.05, 3.63) is 66.2 Å². The number of fused-ring (bicyclic) bond motifs is 1. The Morgan fingerprint density at radius 1 is 0.893 bits per heavy atom. The number of phenols is 1. The lowest BCUT2D eigenvalue weighted by Crippen LogP contribution is -2.32. The van der Waals surface area contributed by atoms with E-state index in [1.54, 1.807) is 24.3 Å². The largest absolute Gasteiger partial charge is 0.508 e. The minimum atomic E-state index is -3.59. The Morgan fingerprint density at radius 3 is 2.25 bits per heavy atom. The number of phenolic OH excluding ortho intramolecular Hbond substituents is 1. The summed E-state index contributed by atoms with van der Waals surface area (Å²) in [5.74, 6) is -1.23. The van der Waals surface area contributed by atoms with Crippen LogP contribution in [0.1, 0.15) is 5.56 Å². The Kier molecular flexibility index (Phi) is 5.96. The smallest absolute Gasteiger partial charge is 0.235 e. The summed E-state index contributed by atoms with van der Waals surface area (Å²) in [6, 6.07) is 18.2. The van der Waals surface area contributed by atoms with E-state index in [-0.39, 0.29) is 24.7 Å². The quantitative estimate of drug-likeness (QED) is 0.565. The molecule has 146 valence electrons. The van der Waals surface area contributed by atoms with Gasteiger partial charge in [0.2, 0.25) is 5.91 Å². The van der Waals surface area contributed by atoms with Gasteiger partial charge in [0.15, 0.2) is 9.84 Å². The van der Waals surface area contributed by atoms with E-state index in [4.69, 9.17) is 5.11 Å². The standard InChI is InChI=1S/C21H21NO5S/c23-10-9-22-21(25)14-28(26,27)13-15-1-3-16(4-2-15)17-5-6-19-12-20(24)8-7-18(19)11-17/h1-8,11-12,23-24H,9-10,13-14H2,(H,22,25).